The van der Waals surface area contributed by atoms with Crippen molar-refractivity contribution >= 4 is 23.8 Å². The molecule has 22 heavy (non-hydrogen) atoms. The molecule has 0 aromatic carbocycles. The molecule has 0 radical (unpaired) electrons. The topological polar surface area (TPSA) is 159 Å². The minimum atomic E-state index is -1.38. The second kappa shape index (κ2) is 8.98. The zero-order valence-corrected chi connectivity index (χ0v) is 12.8. The molecule has 0 heterocycles. The Morgan fingerprint density at radius 3 is 1.82 bits per heavy atom. The SMILES string of the molecule is CC(C)C[C@H](NC(=O)[C@H](CC(=O)O)NC(=O)[C@H](C)N)C(=O)O. The van der Waals surface area contributed by atoms with E-state index in [0.29, 0.717) is 0 Å². The van der Waals surface area contributed by atoms with Crippen molar-refractivity contribution < 1.29 is 29.4 Å². The fourth-order valence-electron chi connectivity index (χ4n) is 1.65. The molecular weight excluding hydrogens is 294 g/mol. The molecule has 0 bridgehead atoms. The van der Waals surface area contributed by atoms with Gasteiger partial charge in [0.2, 0.25) is 11.8 Å². The molecule has 6 N–H and O–H groups in total. The molecule has 126 valence electrons. The second-order valence-electron chi connectivity index (χ2n) is 5.48. The fraction of sp³-hybridized carbons (Fsp3) is 0.692. The van der Waals surface area contributed by atoms with E-state index in [0.717, 1.165) is 0 Å². The van der Waals surface area contributed by atoms with E-state index >= 15 is 0 Å². The van der Waals surface area contributed by atoms with E-state index in [-0.39, 0.29) is 12.3 Å². The van der Waals surface area contributed by atoms with Crippen LogP contribution in [-0.4, -0.2) is 52.1 Å². The highest BCUT2D eigenvalue weighted by Gasteiger charge is 2.29. The Labute approximate surface area is 128 Å². The lowest BCUT2D eigenvalue weighted by molar-refractivity contribution is -0.143. The number of carboxylic acid groups (broad SMARTS) is 2. The number of amides is 2. The van der Waals surface area contributed by atoms with Crippen LogP contribution in [0, 0.1) is 5.92 Å². The van der Waals surface area contributed by atoms with Crippen LogP contribution >= 0.6 is 0 Å². The van der Waals surface area contributed by atoms with E-state index in [9.17, 15) is 19.2 Å². The average molecular weight is 317 g/mol. The van der Waals surface area contributed by atoms with Crippen molar-refractivity contribution in [2.24, 2.45) is 11.7 Å². The van der Waals surface area contributed by atoms with Gasteiger partial charge in [-0.1, -0.05) is 13.8 Å². The molecular formula is C13H23N3O6. The van der Waals surface area contributed by atoms with E-state index in [1.165, 1.54) is 6.92 Å². The standard InChI is InChI=1S/C13H23N3O6/c1-6(2)4-9(13(21)22)16-12(20)8(5-10(17)18)15-11(19)7(3)14/h6-9H,4-5,14H2,1-3H3,(H,15,19)(H,16,20)(H,17,18)(H,21,22)/t7-,8-,9-/m0/s1. The fourth-order valence-corrected chi connectivity index (χ4v) is 1.65. The first-order valence-electron chi connectivity index (χ1n) is 6.85. The molecule has 9 nitrogen and oxygen atoms in total. The maximum absolute atomic E-state index is 12.0. The summed E-state index contributed by atoms with van der Waals surface area (Å²) in [6.45, 7) is 4.95. The first-order chi connectivity index (χ1) is 10.0. The van der Waals surface area contributed by atoms with Gasteiger partial charge in [-0.2, -0.15) is 0 Å². The highest BCUT2D eigenvalue weighted by Crippen LogP contribution is 2.06. The first-order valence-corrected chi connectivity index (χ1v) is 6.85. The molecule has 0 fully saturated rings. The summed E-state index contributed by atoms with van der Waals surface area (Å²) in [5, 5.41) is 22.3. The predicted octanol–water partition coefficient (Wildman–Crippen LogP) is -1.09. The van der Waals surface area contributed by atoms with E-state index in [1.54, 1.807) is 13.8 Å². The average Bonchev–Trinajstić information content (AvgIpc) is 2.35. The molecule has 0 aromatic rings. The second-order valence-corrected chi connectivity index (χ2v) is 5.48. The predicted molar refractivity (Wildman–Crippen MR) is 76.9 cm³/mol. The van der Waals surface area contributed by atoms with Crippen LogP contribution in [0.3, 0.4) is 0 Å². The molecule has 0 saturated heterocycles. The summed E-state index contributed by atoms with van der Waals surface area (Å²) >= 11 is 0. The van der Waals surface area contributed by atoms with Crippen molar-refractivity contribution in [2.45, 2.75) is 51.7 Å². The quantitative estimate of drug-likeness (QED) is 0.361. The van der Waals surface area contributed by atoms with Gasteiger partial charge in [-0.15, -0.1) is 0 Å². The smallest absolute Gasteiger partial charge is 0.326 e. The lowest BCUT2D eigenvalue weighted by Gasteiger charge is -2.22. The van der Waals surface area contributed by atoms with E-state index in [1.807, 2.05) is 0 Å². The Balaban J connectivity index is 4.96. The van der Waals surface area contributed by atoms with Crippen LogP contribution < -0.4 is 16.4 Å². The largest absolute Gasteiger partial charge is 0.481 e. The zero-order chi connectivity index (χ0) is 17.4. The molecule has 0 unspecified atom stereocenters. The van der Waals surface area contributed by atoms with Crippen LogP contribution in [0.5, 0.6) is 0 Å². The van der Waals surface area contributed by atoms with Gasteiger partial charge in [0, 0.05) is 0 Å². The van der Waals surface area contributed by atoms with Crippen molar-refractivity contribution in [3.63, 3.8) is 0 Å². The number of carbonyl (C=O) groups excluding carboxylic acids is 2. The number of rotatable bonds is 9. The van der Waals surface area contributed by atoms with Crippen molar-refractivity contribution in [2.75, 3.05) is 0 Å². The Morgan fingerprint density at radius 1 is 0.955 bits per heavy atom. The Morgan fingerprint density at radius 2 is 1.45 bits per heavy atom. The van der Waals surface area contributed by atoms with E-state index < -0.39 is 48.3 Å². The third kappa shape index (κ3) is 7.58. The monoisotopic (exact) mass is 317 g/mol. The highest BCUT2D eigenvalue weighted by molar-refractivity contribution is 5.93. The summed E-state index contributed by atoms with van der Waals surface area (Å²) < 4.78 is 0. The summed E-state index contributed by atoms with van der Waals surface area (Å²) in [5.74, 6) is -4.09. The molecule has 0 saturated carbocycles. The number of carbonyl (C=O) groups is 4. The lowest BCUT2D eigenvalue weighted by atomic mass is 10.0. The molecule has 0 spiro atoms. The van der Waals surface area contributed by atoms with Gasteiger partial charge in [-0.3, -0.25) is 14.4 Å². The molecule has 0 aromatic heterocycles. The van der Waals surface area contributed by atoms with Crippen LogP contribution in [0.15, 0.2) is 0 Å². The summed E-state index contributed by atoms with van der Waals surface area (Å²) in [6, 6.07) is -3.46. The number of nitrogens with one attached hydrogen (secondary N) is 2. The molecule has 0 aliphatic heterocycles. The number of carboxylic acids is 2. The number of nitrogens with two attached hydrogens (primary N) is 1. The zero-order valence-electron chi connectivity index (χ0n) is 12.8. The Bertz CT molecular complexity index is 435. The molecule has 2 amide bonds. The number of hydrogen-bond donors (Lipinski definition) is 5. The van der Waals surface area contributed by atoms with Crippen LogP contribution in [0.25, 0.3) is 0 Å². The minimum absolute atomic E-state index is 0.0120. The maximum atomic E-state index is 12.0. The van der Waals surface area contributed by atoms with Gasteiger partial charge in [0.05, 0.1) is 12.5 Å². The van der Waals surface area contributed by atoms with E-state index in [4.69, 9.17) is 15.9 Å². The minimum Gasteiger partial charge on any atom is -0.481 e. The van der Waals surface area contributed by atoms with Crippen molar-refractivity contribution in [1.82, 2.24) is 10.6 Å². The van der Waals surface area contributed by atoms with Gasteiger partial charge in [0.25, 0.3) is 0 Å². The number of hydrogen-bond acceptors (Lipinski definition) is 5. The van der Waals surface area contributed by atoms with Crippen molar-refractivity contribution in [3.8, 4) is 0 Å². The summed E-state index contributed by atoms with van der Waals surface area (Å²) in [4.78, 5) is 45.4. The normalized spacial score (nSPS) is 14.8. The third-order valence-corrected chi connectivity index (χ3v) is 2.75. The lowest BCUT2D eigenvalue weighted by Crippen LogP contribution is -2.54. The maximum Gasteiger partial charge on any atom is 0.326 e. The van der Waals surface area contributed by atoms with Gasteiger partial charge in [0.1, 0.15) is 12.1 Å². The van der Waals surface area contributed by atoms with Gasteiger partial charge >= 0.3 is 11.9 Å². The van der Waals surface area contributed by atoms with E-state index in [2.05, 4.69) is 10.6 Å². The van der Waals surface area contributed by atoms with Crippen LogP contribution in [0.2, 0.25) is 0 Å². The molecule has 0 aliphatic rings. The third-order valence-electron chi connectivity index (χ3n) is 2.75. The summed E-state index contributed by atoms with van der Waals surface area (Å²) in [5.41, 5.74) is 5.35. The van der Waals surface area contributed by atoms with Crippen molar-refractivity contribution in [1.29, 1.82) is 0 Å². The van der Waals surface area contributed by atoms with Crippen LogP contribution in [0.1, 0.15) is 33.6 Å². The molecule has 0 rings (SSSR count). The number of aliphatic carboxylic acids is 2. The Kier molecular flexibility index (Phi) is 8.10. The first kappa shape index (κ1) is 19.8. The van der Waals surface area contributed by atoms with Gasteiger partial charge < -0.3 is 26.6 Å². The Hall–Kier alpha value is -2.16. The summed E-state index contributed by atoms with van der Waals surface area (Å²) in [7, 11) is 0. The van der Waals surface area contributed by atoms with Gasteiger partial charge in [0.15, 0.2) is 0 Å². The van der Waals surface area contributed by atoms with Crippen LogP contribution in [-0.2, 0) is 19.2 Å². The molecule has 3 atom stereocenters. The molecule has 9 heteroatoms. The van der Waals surface area contributed by atoms with Crippen LogP contribution in [0.4, 0.5) is 0 Å². The van der Waals surface area contributed by atoms with Gasteiger partial charge in [-0.05, 0) is 19.3 Å². The van der Waals surface area contributed by atoms with Gasteiger partial charge in [-0.25, -0.2) is 4.79 Å². The molecule has 0 aliphatic carbocycles. The van der Waals surface area contributed by atoms with Crippen molar-refractivity contribution in [3.05, 3.63) is 0 Å². The summed E-state index contributed by atoms with van der Waals surface area (Å²) in [6.07, 6.45) is -0.486. The highest BCUT2D eigenvalue weighted by atomic mass is 16.4.